The van der Waals surface area contributed by atoms with Crippen LogP contribution in [0.1, 0.15) is 36.7 Å². The number of anilines is 1. The fraction of sp³-hybridized carbons (Fsp3) is 0.323. The lowest BCUT2D eigenvalue weighted by Gasteiger charge is -2.25. The number of aromatic nitrogens is 2. The molecule has 9 nitrogen and oxygen atoms in total. The van der Waals surface area contributed by atoms with Crippen LogP contribution in [0.2, 0.25) is 0 Å². The molecule has 0 atom stereocenters. The molecule has 4 rings (SSSR count). The highest BCUT2D eigenvalue weighted by molar-refractivity contribution is 7.92. The lowest BCUT2D eigenvalue weighted by Crippen LogP contribution is -2.33. The molecule has 0 aliphatic rings. The number of nitriles is 1. The van der Waals surface area contributed by atoms with Gasteiger partial charge in [-0.1, -0.05) is 30.3 Å². The maximum Gasteiger partial charge on any atom is 0.307 e. The molecule has 4 aromatic rings. The van der Waals surface area contributed by atoms with Gasteiger partial charge in [0.15, 0.2) is 0 Å². The number of aryl methyl sites for hydroxylation is 1. The number of benzene rings is 3. The maximum atomic E-state index is 13.8. The molecule has 214 valence electrons. The minimum absolute atomic E-state index is 0.181. The van der Waals surface area contributed by atoms with Crippen molar-refractivity contribution in [1.29, 1.82) is 5.26 Å². The number of esters is 1. The lowest BCUT2D eigenvalue weighted by atomic mass is 10.1. The van der Waals surface area contributed by atoms with E-state index in [4.69, 9.17) is 15.0 Å². The number of carbonyl (C=O) groups excluding carboxylic acids is 1. The van der Waals surface area contributed by atoms with E-state index in [-0.39, 0.29) is 17.3 Å². The second-order valence-electron chi connectivity index (χ2n) is 9.94. The number of sulfonamides is 1. The van der Waals surface area contributed by atoms with Crippen molar-refractivity contribution >= 4 is 32.7 Å². The van der Waals surface area contributed by atoms with Gasteiger partial charge in [-0.2, -0.15) is 5.26 Å². The maximum absolute atomic E-state index is 13.8. The van der Waals surface area contributed by atoms with E-state index in [1.807, 2.05) is 41.8 Å². The molecule has 0 fully saturated rings. The van der Waals surface area contributed by atoms with Crippen molar-refractivity contribution in [3.8, 4) is 6.07 Å². The van der Waals surface area contributed by atoms with E-state index < -0.39 is 10.0 Å². The summed E-state index contributed by atoms with van der Waals surface area (Å²) in [4.78, 5) is 19.3. The third-order valence-corrected chi connectivity index (χ3v) is 8.53. The Morgan fingerprint density at radius 2 is 1.76 bits per heavy atom. The average Bonchev–Trinajstić information content (AvgIpc) is 3.30. The quantitative estimate of drug-likeness (QED) is 0.215. The van der Waals surface area contributed by atoms with Gasteiger partial charge in [0.25, 0.3) is 10.0 Å². The summed E-state index contributed by atoms with van der Waals surface area (Å²) < 4.78 is 36.1. The van der Waals surface area contributed by atoms with E-state index >= 15 is 0 Å². The van der Waals surface area contributed by atoms with Crippen LogP contribution in [0.5, 0.6) is 0 Å². The molecule has 0 radical (unpaired) electrons. The van der Waals surface area contributed by atoms with Crippen molar-refractivity contribution in [2.75, 3.05) is 38.1 Å². The van der Waals surface area contributed by atoms with Crippen molar-refractivity contribution in [2.24, 2.45) is 0 Å². The lowest BCUT2D eigenvalue weighted by molar-refractivity contribution is -0.143. The fourth-order valence-corrected chi connectivity index (χ4v) is 6.18. The Bertz CT molecular complexity index is 1630. The van der Waals surface area contributed by atoms with Crippen molar-refractivity contribution < 1.29 is 17.9 Å². The first-order valence-corrected chi connectivity index (χ1v) is 15.0. The second-order valence-corrected chi connectivity index (χ2v) is 11.8. The van der Waals surface area contributed by atoms with Crippen LogP contribution in [-0.4, -0.2) is 62.6 Å². The summed E-state index contributed by atoms with van der Waals surface area (Å²) >= 11 is 0. The number of hydrogen-bond acceptors (Lipinski definition) is 7. The highest BCUT2D eigenvalue weighted by Gasteiger charge is 2.25. The minimum atomic E-state index is -3.81. The second kappa shape index (κ2) is 13.4. The summed E-state index contributed by atoms with van der Waals surface area (Å²) in [6.45, 7) is 3.50. The van der Waals surface area contributed by atoms with Gasteiger partial charge in [-0.25, -0.2) is 13.4 Å². The number of hydrogen-bond donors (Lipinski definition) is 0. The number of ether oxygens (including phenoxy) is 1. The van der Waals surface area contributed by atoms with E-state index in [0.29, 0.717) is 49.3 Å². The molecular weight excluding hydrogens is 538 g/mol. The van der Waals surface area contributed by atoms with Crippen molar-refractivity contribution in [2.45, 2.75) is 37.6 Å². The first-order valence-electron chi connectivity index (χ1n) is 13.6. The molecule has 0 aliphatic heterocycles. The summed E-state index contributed by atoms with van der Waals surface area (Å²) in [5.74, 6) is 0.438. The molecule has 10 heteroatoms. The van der Waals surface area contributed by atoms with Crippen LogP contribution < -0.4 is 4.31 Å². The van der Waals surface area contributed by atoms with Crippen molar-refractivity contribution in [3.63, 3.8) is 0 Å². The largest absolute Gasteiger partial charge is 0.466 e. The monoisotopic (exact) mass is 573 g/mol. The van der Waals surface area contributed by atoms with Gasteiger partial charge >= 0.3 is 5.97 Å². The predicted molar refractivity (Wildman–Crippen MR) is 159 cm³/mol. The van der Waals surface area contributed by atoms with E-state index in [1.54, 1.807) is 61.5 Å². The zero-order valence-electron chi connectivity index (χ0n) is 23.7. The molecule has 3 aromatic carbocycles. The van der Waals surface area contributed by atoms with Gasteiger partial charge in [-0.3, -0.25) is 9.10 Å². The molecule has 1 aromatic heterocycles. The van der Waals surface area contributed by atoms with Crippen LogP contribution in [0.15, 0.2) is 77.7 Å². The molecule has 0 bridgehead atoms. The number of carbonyl (C=O) groups is 1. The molecule has 41 heavy (non-hydrogen) atoms. The molecule has 0 amide bonds. The molecular formula is C31H35N5O4S. The fourth-order valence-electron chi connectivity index (χ4n) is 4.66. The molecule has 0 N–H and O–H groups in total. The van der Waals surface area contributed by atoms with Gasteiger partial charge in [-0.15, -0.1) is 0 Å². The Kier molecular flexibility index (Phi) is 9.76. The van der Waals surface area contributed by atoms with Gasteiger partial charge < -0.3 is 14.2 Å². The summed E-state index contributed by atoms with van der Waals surface area (Å²) in [6, 6.07) is 23.3. The predicted octanol–water partition coefficient (Wildman–Crippen LogP) is 4.60. The number of fused-ring (bicyclic) bond motifs is 1. The van der Waals surface area contributed by atoms with Crippen molar-refractivity contribution in [3.05, 3.63) is 89.7 Å². The molecule has 0 spiro atoms. The zero-order valence-corrected chi connectivity index (χ0v) is 24.5. The standard InChI is InChI=1S/C31H35N5O4S/c1-4-40-31(37)17-20-35-29-16-15-26(22-28(29)33-30(35)21-24-11-13-25(23-32)14-12-24)36(19-8-18-34(2)3)41(38,39)27-9-6-5-7-10-27/h5-7,9-16,22H,4,8,17-21H2,1-3H3. The number of rotatable bonds is 13. The highest BCUT2D eigenvalue weighted by Crippen LogP contribution is 2.29. The third kappa shape index (κ3) is 7.31. The van der Waals surface area contributed by atoms with Gasteiger partial charge in [0, 0.05) is 19.5 Å². The van der Waals surface area contributed by atoms with Gasteiger partial charge in [0.2, 0.25) is 0 Å². The molecule has 0 saturated heterocycles. The van der Waals surface area contributed by atoms with Crippen LogP contribution in [0, 0.1) is 11.3 Å². The molecule has 0 saturated carbocycles. The Morgan fingerprint density at radius 3 is 2.41 bits per heavy atom. The molecule has 0 aliphatic carbocycles. The van der Waals surface area contributed by atoms with Crippen LogP contribution in [0.25, 0.3) is 11.0 Å². The van der Waals surface area contributed by atoms with Crippen LogP contribution in [0.3, 0.4) is 0 Å². The van der Waals surface area contributed by atoms with Gasteiger partial charge in [0.05, 0.1) is 46.3 Å². The zero-order chi connectivity index (χ0) is 29.4. The minimum Gasteiger partial charge on any atom is -0.466 e. The summed E-state index contributed by atoms with van der Waals surface area (Å²) in [7, 11) is 0.103. The highest BCUT2D eigenvalue weighted by atomic mass is 32.2. The van der Waals surface area contributed by atoms with Gasteiger partial charge in [0.1, 0.15) is 5.82 Å². The van der Waals surface area contributed by atoms with E-state index in [9.17, 15) is 13.2 Å². The molecule has 1 heterocycles. The number of imidazole rings is 1. The first-order chi connectivity index (χ1) is 19.7. The Hall–Kier alpha value is -4.20. The number of nitrogens with zero attached hydrogens (tertiary/aromatic N) is 5. The average molecular weight is 574 g/mol. The third-order valence-electron chi connectivity index (χ3n) is 6.69. The first kappa shape index (κ1) is 29.8. The Labute approximate surface area is 241 Å². The topological polar surface area (TPSA) is 109 Å². The van der Waals surface area contributed by atoms with E-state index in [0.717, 1.165) is 23.4 Å². The van der Waals surface area contributed by atoms with Crippen LogP contribution in [-0.2, 0) is 32.5 Å². The smallest absolute Gasteiger partial charge is 0.307 e. The van der Waals surface area contributed by atoms with Gasteiger partial charge in [-0.05, 0) is 82.0 Å². The summed E-state index contributed by atoms with van der Waals surface area (Å²) in [6.07, 6.45) is 1.31. The Balaban J connectivity index is 1.75. The van der Waals surface area contributed by atoms with Crippen LogP contribution >= 0.6 is 0 Å². The SMILES string of the molecule is CCOC(=O)CCn1c(Cc2ccc(C#N)cc2)nc2cc(N(CCCN(C)C)S(=O)(=O)c3ccccc3)ccc21. The van der Waals surface area contributed by atoms with E-state index in [1.165, 1.54) is 4.31 Å². The summed E-state index contributed by atoms with van der Waals surface area (Å²) in [5.41, 5.74) is 3.50. The van der Waals surface area contributed by atoms with Crippen molar-refractivity contribution in [1.82, 2.24) is 14.5 Å². The van der Waals surface area contributed by atoms with Crippen LogP contribution in [0.4, 0.5) is 5.69 Å². The molecule has 0 unspecified atom stereocenters. The Morgan fingerprint density at radius 1 is 1.02 bits per heavy atom. The normalized spacial score (nSPS) is 11.5. The summed E-state index contributed by atoms with van der Waals surface area (Å²) in [5, 5.41) is 9.15. The van der Waals surface area contributed by atoms with E-state index in [2.05, 4.69) is 6.07 Å².